The van der Waals surface area contributed by atoms with Gasteiger partial charge in [-0.3, -0.25) is 9.59 Å². The van der Waals surface area contributed by atoms with Crippen LogP contribution in [0.15, 0.2) is 53.0 Å². The molecule has 31 heavy (non-hydrogen) atoms. The molecule has 1 N–H and O–H groups in total. The third-order valence-electron chi connectivity index (χ3n) is 6.35. The summed E-state index contributed by atoms with van der Waals surface area (Å²) >= 11 is 0. The summed E-state index contributed by atoms with van der Waals surface area (Å²) in [7, 11) is 0. The topological polar surface area (TPSA) is 68.9 Å². The van der Waals surface area contributed by atoms with Crippen molar-refractivity contribution in [3.8, 4) is 5.69 Å². The predicted octanol–water partition coefficient (Wildman–Crippen LogP) is 4.37. The Morgan fingerprint density at radius 1 is 1.16 bits per heavy atom. The predicted molar refractivity (Wildman–Crippen MR) is 124 cm³/mol. The molecule has 1 aliphatic carbocycles. The van der Waals surface area contributed by atoms with Gasteiger partial charge in [-0.2, -0.15) is 9.78 Å². The molecule has 0 aliphatic heterocycles. The molecule has 6 nitrogen and oxygen atoms in total. The van der Waals surface area contributed by atoms with E-state index in [1.54, 1.807) is 6.20 Å². The van der Waals surface area contributed by atoms with Crippen LogP contribution in [0, 0.1) is 13.8 Å². The second-order valence-corrected chi connectivity index (χ2v) is 8.35. The van der Waals surface area contributed by atoms with Crippen molar-refractivity contribution in [1.29, 1.82) is 0 Å². The molecule has 0 saturated heterocycles. The van der Waals surface area contributed by atoms with Crippen molar-refractivity contribution in [2.75, 3.05) is 6.54 Å². The summed E-state index contributed by atoms with van der Waals surface area (Å²) in [5, 5.41) is 8.87. The number of rotatable bonds is 6. The van der Waals surface area contributed by atoms with Crippen LogP contribution in [0.1, 0.15) is 56.5 Å². The fourth-order valence-electron chi connectivity index (χ4n) is 4.66. The lowest BCUT2D eigenvalue weighted by molar-refractivity contribution is -0.123. The number of benzene rings is 1. The minimum atomic E-state index is -0.405. The lowest BCUT2D eigenvalue weighted by Crippen LogP contribution is -2.32. The summed E-state index contributed by atoms with van der Waals surface area (Å²) < 4.78 is 3.38. The highest BCUT2D eigenvalue weighted by molar-refractivity contribution is 5.89. The zero-order chi connectivity index (χ0) is 22.0. The van der Waals surface area contributed by atoms with E-state index >= 15 is 0 Å². The monoisotopic (exact) mass is 418 g/mol. The van der Waals surface area contributed by atoms with Gasteiger partial charge in [0.05, 0.1) is 17.3 Å². The molecule has 0 bridgehead atoms. The molecule has 0 saturated carbocycles. The number of carbonyl (C=O) groups is 1. The van der Waals surface area contributed by atoms with Crippen molar-refractivity contribution in [3.05, 3.63) is 69.9 Å². The van der Waals surface area contributed by atoms with Crippen molar-refractivity contribution in [1.82, 2.24) is 19.7 Å². The number of nitrogens with one attached hydrogen (secondary N) is 1. The lowest BCUT2D eigenvalue weighted by Gasteiger charge is -2.19. The maximum absolute atomic E-state index is 13.2. The molecule has 162 valence electrons. The Labute approximate surface area is 182 Å². The maximum atomic E-state index is 13.2. The number of aryl methyl sites for hydroxylation is 2. The molecule has 0 fully saturated rings. The van der Waals surface area contributed by atoms with Gasteiger partial charge in [0, 0.05) is 23.3 Å². The first kappa shape index (κ1) is 21.1. The largest absolute Gasteiger partial charge is 0.354 e. The Hall–Kier alpha value is -3.15. The molecular weight excluding hydrogens is 388 g/mol. The molecule has 2 aromatic heterocycles. The van der Waals surface area contributed by atoms with Gasteiger partial charge in [-0.1, -0.05) is 29.8 Å². The van der Waals surface area contributed by atoms with Gasteiger partial charge in [0.1, 0.15) is 6.04 Å². The van der Waals surface area contributed by atoms with E-state index in [9.17, 15) is 9.59 Å². The van der Waals surface area contributed by atoms with Crippen LogP contribution in [-0.2, 0) is 4.79 Å². The first-order chi connectivity index (χ1) is 15.0. The number of hydrogen-bond donors (Lipinski definition) is 1. The number of aromatic nitrogens is 3. The third-order valence-corrected chi connectivity index (χ3v) is 6.35. The Morgan fingerprint density at radius 3 is 2.65 bits per heavy atom. The van der Waals surface area contributed by atoms with Crippen LogP contribution in [0.2, 0.25) is 0 Å². The van der Waals surface area contributed by atoms with Crippen LogP contribution >= 0.6 is 0 Å². The van der Waals surface area contributed by atoms with E-state index in [0.717, 1.165) is 41.7 Å². The maximum Gasteiger partial charge on any atom is 0.281 e. The highest BCUT2D eigenvalue weighted by atomic mass is 16.2. The van der Waals surface area contributed by atoms with E-state index in [0.29, 0.717) is 11.9 Å². The number of para-hydroxylation sites is 1. The molecule has 3 aromatic rings. The van der Waals surface area contributed by atoms with E-state index in [1.807, 2.05) is 55.7 Å². The Kier molecular flexibility index (Phi) is 6.07. The van der Waals surface area contributed by atoms with Crippen LogP contribution < -0.4 is 10.9 Å². The van der Waals surface area contributed by atoms with Crippen LogP contribution in [-0.4, -0.2) is 26.8 Å². The van der Waals surface area contributed by atoms with Gasteiger partial charge in [0.2, 0.25) is 5.91 Å². The molecule has 1 aromatic carbocycles. The zero-order valence-corrected chi connectivity index (χ0v) is 18.5. The molecule has 6 heteroatoms. The van der Waals surface area contributed by atoms with E-state index < -0.39 is 6.04 Å². The lowest BCUT2D eigenvalue weighted by atomic mass is 9.97. The van der Waals surface area contributed by atoms with Crippen LogP contribution in [0.25, 0.3) is 16.5 Å². The average molecular weight is 419 g/mol. The average Bonchev–Trinajstić information content (AvgIpc) is 3.05. The molecule has 1 amide bonds. The summed E-state index contributed by atoms with van der Waals surface area (Å²) in [5.74, 6) is -0.0285. The van der Waals surface area contributed by atoms with E-state index in [2.05, 4.69) is 16.5 Å². The van der Waals surface area contributed by atoms with Gasteiger partial charge in [-0.15, -0.1) is 0 Å². The first-order valence-electron chi connectivity index (χ1n) is 11.1. The summed E-state index contributed by atoms with van der Waals surface area (Å²) in [5.41, 5.74) is 3.69. The molecule has 0 spiro atoms. The minimum Gasteiger partial charge on any atom is -0.354 e. The molecular formula is C25H30N4O2. The Bertz CT molecular complexity index is 1190. The van der Waals surface area contributed by atoms with Crippen molar-refractivity contribution >= 4 is 16.7 Å². The third kappa shape index (κ3) is 4.07. The van der Waals surface area contributed by atoms with Crippen LogP contribution in [0.5, 0.6) is 0 Å². The number of fused-ring (bicyclic) bond motifs is 1. The number of hydrogen-bond acceptors (Lipinski definition) is 3. The minimum absolute atomic E-state index is 0.0285. The van der Waals surface area contributed by atoms with Crippen molar-refractivity contribution < 1.29 is 4.79 Å². The number of allylic oxidation sites excluding steroid dienone is 1. The van der Waals surface area contributed by atoms with Crippen molar-refractivity contribution in [3.63, 3.8) is 0 Å². The van der Waals surface area contributed by atoms with Crippen LogP contribution in [0.3, 0.4) is 0 Å². The van der Waals surface area contributed by atoms with Gasteiger partial charge in [0.15, 0.2) is 0 Å². The summed E-state index contributed by atoms with van der Waals surface area (Å²) in [6.07, 6.45) is 9.78. The second-order valence-electron chi connectivity index (χ2n) is 8.35. The molecule has 4 rings (SSSR count). The van der Waals surface area contributed by atoms with E-state index in [-0.39, 0.29) is 11.5 Å². The van der Waals surface area contributed by atoms with E-state index in [1.165, 1.54) is 23.1 Å². The number of carbonyl (C=O) groups excluding carboxylic acids is 1. The van der Waals surface area contributed by atoms with Gasteiger partial charge in [-0.25, -0.2) is 0 Å². The summed E-state index contributed by atoms with van der Waals surface area (Å²) in [6, 6.07) is 8.98. The summed E-state index contributed by atoms with van der Waals surface area (Å²) in [4.78, 5) is 26.1. The molecule has 1 unspecified atom stereocenters. The van der Waals surface area contributed by atoms with E-state index in [4.69, 9.17) is 0 Å². The highest BCUT2D eigenvalue weighted by Gasteiger charge is 2.23. The number of amides is 1. The molecule has 0 radical (unpaired) electrons. The second kappa shape index (κ2) is 8.92. The summed E-state index contributed by atoms with van der Waals surface area (Å²) in [6.45, 7) is 6.39. The normalized spacial score (nSPS) is 15.0. The Morgan fingerprint density at radius 2 is 1.94 bits per heavy atom. The van der Waals surface area contributed by atoms with Gasteiger partial charge < -0.3 is 9.88 Å². The van der Waals surface area contributed by atoms with Gasteiger partial charge in [0.25, 0.3) is 5.56 Å². The highest BCUT2D eigenvalue weighted by Crippen LogP contribution is 2.26. The smallest absolute Gasteiger partial charge is 0.281 e. The van der Waals surface area contributed by atoms with Crippen molar-refractivity contribution in [2.24, 2.45) is 0 Å². The van der Waals surface area contributed by atoms with Crippen molar-refractivity contribution in [2.45, 2.75) is 58.9 Å². The number of nitrogens with zero attached hydrogens (tertiary/aromatic N) is 3. The molecule has 1 atom stereocenters. The van der Waals surface area contributed by atoms with Gasteiger partial charge in [-0.05, 0) is 65.0 Å². The fourth-order valence-corrected chi connectivity index (χ4v) is 4.66. The van der Waals surface area contributed by atoms with Gasteiger partial charge >= 0.3 is 0 Å². The molecule has 1 aliphatic rings. The first-order valence-corrected chi connectivity index (χ1v) is 11.1. The SMILES string of the molecule is Cc1c2cnn(-c3ccccc3)c(=O)c2c(C)n1C(C)C(=O)NCCC1=CCCCC1. The standard InChI is InChI=1S/C25H30N4O2/c1-17-22-16-27-29(21-12-8-5-9-13-21)25(31)23(22)18(2)28(17)19(3)24(30)26-15-14-20-10-6-4-7-11-20/h5,8-10,12-13,16,19H,4,6-7,11,14-15H2,1-3H3,(H,26,30). The zero-order valence-electron chi connectivity index (χ0n) is 18.5. The Balaban J connectivity index is 1.60. The molecule has 2 heterocycles. The van der Waals surface area contributed by atoms with Crippen LogP contribution in [0.4, 0.5) is 0 Å². The quantitative estimate of drug-likeness (QED) is 0.604. The fraction of sp³-hybridized carbons (Fsp3) is 0.400.